The van der Waals surface area contributed by atoms with E-state index in [0.29, 0.717) is 13.0 Å². The summed E-state index contributed by atoms with van der Waals surface area (Å²) in [6.07, 6.45) is 1.02. The summed E-state index contributed by atoms with van der Waals surface area (Å²) in [7, 11) is -1.97. The molecule has 2 heterocycles. The van der Waals surface area contributed by atoms with E-state index in [1.54, 1.807) is 21.7 Å². The third-order valence-electron chi connectivity index (χ3n) is 6.80. The Balaban J connectivity index is 1.79. The second kappa shape index (κ2) is 9.64. The van der Waals surface area contributed by atoms with Gasteiger partial charge in [0.25, 0.3) is 0 Å². The van der Waals surface area contributed by atoms with Gasteiger partial charge in [-0.25, -0.2) is 9.78 Å². The Morgan fingerprint density at radius 2 is 1.94 bits per heavy atom. The van der Waals surface area contributed by atoms with Gasteiger partial charge in [-0.1, -0.05) is 32.9 Å². The molecule has 0 saturated carbocycles. The molecule has 1 aliphatic rings. The van der Waals surface area contributed by atoms with E-state index in [2.05, 4.69) is 38.8 Å². The number of piperidine rings is 1. The number of aromatic nitrogens is 1. The van der Waals surface area contributed by atoms with Gasteiger partial charge in [-0.3, -0.25) is 0 Å². The molecular weight excluding hydrogens is 452 g/mol. The lowest BCUT2D eigenvalue weighted by Crippen LogP contribution is -2.54. The Bertz CT molecular complexity index is 963. The van der Waals surface area contributed by atoms with Gasteiger partial charge in [-0.15, -0.1) is 11.3 Å². The molecule has 6 nitrogen and oxygen atoms in total. The van der Waals surface area contributed by atoms with Crippen LogP contribution in [-0.2, 0) is 9.16 Å². The number of likely N-dealkylation sites (tertiary alicyclic amines) is 1. The summed E-state index contributed by atoms with van der Waals surface area (Å²) < 4.78 is 13.5. The molecule has 184 valence electrons. The first-order valence-corrected chi connectivity index (χ1v) is 15.6. The van der Waals surface area contributed by atoms with E-state index in [-0.39, 0.29) is 23.3 Å². The van der Waals surface area contributed by atoms with E-state index in [0.717, 1.165) is 28.6 Å². The van der Waals surface area contributed by atoms with Crippen LogP contribution in [0.1, 0.15) is 72.5 Å². The highest BCUT2D eigenvalue weighted by Crippen LogP contribution is 2.39. The number of aliphatic hydroxyl groups excluding tert-OH is 1. The van der Waals surface area contributed by atoms with Crippen LogP contribution in [0.3, 0.4) is 0 Å². The van der Waals surface area contributed by atoms with Crippen LogP contribution in [0, 0.1) is 0 Å². The average molecular weight is 493 g/mol. The molecule has 0 unspecified atom stereocenters. The molecule has 33 heavy (non-hydrogen) atoms. The highest BCUT2D eigenvalue weighted by molar-refractivity contribution is 7.16. The van der Waals surface area contributed by atoms with E-state index in [1.165, 1.54) is 0 Å². The summed E-state index contributed by atoms with van der Waals surface area (Å²) in [5.74, 6) is 0. The Labute approximate surface area is 203 Å². The normalized spacial score (nSPS) is 21.3. The van der Waals surface area contributed by atoms with Gasteiger partial charge < -0.3 is 19.2 Å². The Morgan fingerprint density at radius 1 is 1.24 bits per heavy atom. The number of ether oxygens (including phenoxy) is 1. The second-order valence-electron chi connectivity index (χ2n) is 11.7. The number of fused-ring (bicyclic) bond motifs is 1. The quantitative estimate of drug-likeness (QED) is 0.482. The molecule has 1 fully saturated rings. The van der Waals surface area contributed by atoms with E-state index >= 15 is 0 Å². The van der Waals surface area contributed by atoms with Crippen molar-refractivity contribution in [2.45, 2.75) is 103 Å². The summed E-state index contributed by atoms with van der Waals surface area (Å²) in [5, 5.41) is 11.2. The van der Waals surface area contributed by atoms with Crippen molar-refractivity contribution in [3.05, 3.63) is 29.3 Å². The standard InChI is InChI=1S/C25H40N2O4SSi/c1-24(2,3)30-23(29)27-15-18(31-33(7,8)25(4,5)6)13-12-17(27)14-20(28)19-10-9-11-21-22(19)26-16-32-21/h9-11,16-18,20,28H,12-15H2,1-8H3/t17-,18+,20+/m0/s1. The van der Waals surface area contributed by atoms with Crippen LogP contribution in [0.5, 0.6) is 0 Å². The third-order valence-corrected chi connectivity index (χ3v) is 12.1. The van der Waals surface area contributed by atoms with Gasteiger partial charge in [0.05, 0.1) is 27.9 Å². The van der Waals surface area contributed by atoms with Gasteiger partial charge >= 0.3 is 6.09 Å². The van der Waals surface area contributed by atoms with E-state index in [4.69, 9.17) is 9.16 Å². The molecule has 1 amide bonds. The second-order valence-corrected chi connectivity index (χ2v) is 17.3. The summed E-state index contributed by atoms with van der Waals surface area (Å²) in [6.45, 7) is 17.3. The predicted molar refractivity (Wildman–Crippen MR) is 137 cm³/mol. The number of benzene rings is 1. The van der Waals surface area contributed by atoms with Crippen LogP contribution < -0.4 is 0 Å². The van der Waals surface area contributed by atoms with Crippen molar-refractivity contribution in [1.82, 2.24) is 9.88 Å². The molecule has 3 atom stereocenters. The largest absolute Gasteiger partial charge is 0.444 e. The Kier molecular flexibility index (Phi) is 7.63. The van der Waals surface area contributed by atoms with Crippen molar-refractivity contribution in [3.8, 4) is 0 Å². The molecule has 1 N–H and O–H groups in total. The molecule has 0 radical (unpaired) electrons. The van der Waals surface area contributed by atoms with Gasteiger partial charge in [0.2, 0.25) is 0 Å². The molecular formula is C25H40N2O4SSi. The van der Waals surface area contributed by atoms with Crippen molar-refractivity contribution >= 4 is 36.0 Å². The summed E-state index contributed by atoms with van der Waals surface area (Å²) in [5.41, 5.74) is 2.88. The Morgan fingerprint density at radius 3 is 2.58 bits per heavy atom. The first kappa shape index (κ1) is 26.1. The third kappa shape index (κ3) is 6.35. The Hall–Kier alpha value is -1.48. The minimum Gasteiger partial charge on any atom is -0.444 e. The number of amides is 1. The molecule has 8 heteroatoms. The number of carbonyl (C=O) groups excluding carboxylic acids is 1. The molecule has 1 saturated heterocycles. The zero-order chi connectivity index (χ0) is 24.6. The lowest BCUT2D eigenvalue weighted by atomic mass is 9.93. The van der Waals surface area contributed by atoms with E-state index in [9.17, 15) is 9.90 Å². The number of thiazole rings is 1. The summed E-state index contributed by atoms with van der Waals surface area (Å²) in [4.78, 5) is 19.4. The number of aliphatic hydroxyl groups is 1. The van der Waals surface area contributed by atoms with Crippen LogP contribution in [0.4, 0.5) is 4.79 Å². The molecule has 3 rings (SSSR count). The average Bonchev–Trinajstić information content (AvgIpc) is 3.15. The molecule has 2 aromatic rings. The van der Waals surface area contributed by atoms with Gasteiger partial charge in [0.1, 0.15) is 5.60 Å². The lowest BCUT2D eigenvalue weighted by molar-refractivity contribution is -0.0189. The van der Waals surface area contributed by atoms with E-state index < -0.39 is 20.0 Å². The lowest BCUT2D eigenvalue weighted by Gasteiger charge is -2.45. The first-order valence-electron chi connectivity index (χ1n) is 11.9. The van der Waals surface area contributed by atoms with Gasteiger partial charge in [0.15, 0.2) is 8.32 Å². The zero-order valence-electron chi connectivity index (χ0n) is 21.3. The van der Waals surface area contributed by atoms with Gasteiger partial charge in [-0.2, -0.15) is 0 Å². The molecule has 0 aliphatic carbocycles. The maximum atomic E-state index is 13.2. The monoisotopic (exact) mass is 492 g/mol. The SMILES string of the molecule is CC(C)(C)OC(=O)N1C[C@H](O[Si](C)(C)C(C)(C)C)CC[C@H]1C[C@@H](O)c1cccc2scnc12. The summed E-state index contributed by atoms with van der Waals surface area (Å²) >= 11 is 1.56. The predicted octanol–water partition coefficient (Wildman–Crippen LogP) is 6.51. The molecule has 0 spiro atoms. The van der Waals surface area contributed by atoms with E-state index in [1.807, 2.05) is 39.0 Å². The maximum absolute atomic E-state index is 13.2. The highest BCUT2D eigenvalue weighted by Gasteiger charge is 2.42. The minimum absolute atomic E-state index is 0.0197. The molecule has 1 aromatic heterocycles. The fraction of sp³-hybridized carbons (Fsp3) is 0.680. The highest BCUT2D eigenvalue weighted by atomic mass is 32.1. The maximum Gasteiger partial charge on any atom is 0.410 e. The van der Waals surface area contributed by atoms with Crippen molar-refractivity contribution in [1.29, 1.82) is 0 Å². The van der Waals surface area contributed by atoms with Gasteiger partial charge in [-0.05, 0) is 64.2 Å². The number of hydrogen-bond acceptors (Lipinski definition) is 6. The van der Waals surface area contributed by atoms with Crippen LogP contribution in [0.25, 0.3) is 10.2 Å². The topological polar surface area (TPSA) is 71.9 Å². The number of hydrogen-bond donors (Lipinski definition) is 1. The van der Waals surface area contributed by atoms with Crippen molar-refractivity contribution in [2.75, 3.05) is 6.54 Å². The number of carbonyl (C=O) groups is 1. The summed E-state index contributed by atoms with van der Waals surface area (Å²) in [6, 6.07) is 5.77. The fourth-order valence-electron chi connectivity index (χ4n) is 4.03. The van der Waals surface area contributed by atoms with Gasteiger partial charge in [0, 0.05) is 18.2 Å². The van der Waals surface area contributed by atoms with Crippen molar-refractivity contribution < 1.29 is 19.1 Å². The van der Waals surface area contributed by atoms with Crippen LogP contribution in [0.2, 0.25) is 18.1 Å². The van der Waals surface area contributed by atoms with Crippen molar-refractivity contribution in [2.24, 2.45) is 0 Å². The number of nitrogens with zero attached hydrogens (tertiary/aromatic N) is 2. The van der Waals surface area contributed by atoms with Crippen LogP contribution >= 0.6 is 11.3 Å². The number of rotatable bonds is 5. The minimum atomic E-state index is -1.97. The van der Waals surface area contributed by atoms with Crippen molar-refractivity contribution in [3.63, 3.8) is 0 Å². The zero-order valence-corrected chi connectivity index (χ0v) is 23.2. The molecule has 0 bridgehead atoms. The fourth-order valence-corrected chi connectivity index (χ4v) is 6.12. The van der Waals surface area contributed by atoms with Crippen LogP contribution in [-0.4, -0.2) is 53.7 Å². The van der Waals surface area contributed by atoms with Crippen LogP contribution in [0.15, 0.2) is 23.7 Å². The number of para-hydroxylation sites is 1. The smallest absolute Gasteiger partial charge is 0.410 e. The molecule has 1 aliphatic heterocycles. The first-order chi connectivity index (χ1) is 15.2. The molecule has 1 aromatic carbocycles.